The van der Waals surface area contributed by atoms with E-state index in [9.17, 15) is 17.6 Å². The highest BCUT2D eigenvalue weighted by Gasteiger charge is 2.45. The van der Waals surface area contributed by atoms with Gasteiger partial charge in [0.05, 0.1) is 0 Å². The lowest BCUT2D eigenvalue weighted by Gasteiger charge is -2.18. The second-order valence-electron chi connectivity index (χ2n) is 3.46. The van der Waals surface area contributed by atoms with Crippen molar-refractivity contribution >= 4 is 0 Å². The van der Waals surface area contributed by atoms with Crippen LogP contribution in [0, 0.1) is 0 Å². The van der Waals surface area contributed by atoms with Crippen molar-refractivity contribution in [2.75, 3.05) is 13.6 Å². The third-order valence-corrected chi connectivity index (χ3v) is 2.46. The van der Waals surface area contributed by atoms with E-state index in [2.05, 4.69) is 4.74 Å². The van der Waals surface area contributed by atoms with Gasteiger partial charge in [-0.05, 0) is 13.5 Å². The first kappa shape index (κ1) is 11.7. The van der Waals surface area contributed by atoms with Crippen LogP contribution in [0.4, 0.5) is 17.6 Å². The Morgan fingerprint density at radius 1 is 1.43 bits per heavy atom. The highest BCUT2D eigenvalue weighted by atomic mass is 19.4. The Morgan fingerprint density at radius 3 is 2.36 bits per heavy atom. The summed E-state index contributed by atoms with van der Waals surface area (Å²) >= 11 is 0. The van der Waals surface area contributed by atoms with Gasteiger partial charge < -0.3 is 0 Å². The van der Waals surface area contributed by atoms with Crippen LogP contribution in [0.15, 0.2) is 0 Å². The first-order valence-electron chi connectivity index (χ1n) is 4.44. The lowest BCUT2D eigenvalue weighted by atomic mass is 10.1. The van der Waals surface area contributed by atoms with E-state index < -0.39 is 24.7 Å². The molecule has 3 atom stereocenters. The summed E-state index contributed by atoms with van der Waals surface area (Å²) < 4.78 is 52.6. The van der Waals surface area contributed by atoms with Gasteiger partial charge in [0.2, 0.25) is 0 Å². The molecule has 1 aliphatic heterocycles. The lowest BCUT2D eigenvalue weighted by Crippen LogP contribution is -2.33. The molecule has 1 heterocycles. The van der Waals surface area contributed by atoms with Crippen LogP contribution in [0.1, 0.15) is 13.3 Å². The topological polar surface area (TPSA) is 12.5 Å². The van der Waals surface area contributed by atoms with E-state index >= 15 is 0 Å². The van der Waals surface area contributed by atoms with Crippen molar-refractivity contribution in [3.05, 3.63) is 0 Å². The first-order valence-corrected chi connectivity index (χ1v) is 4.44. The summed E-state index contributed by atoms with van der Waals surface area (Å²) in [6.45, 7) is 1.73. The number of likely N-dealkylation sites (tertiary alicyclic amines) is 1. The van der Waals surface area contributed by atoms with Crippen molar-refractivity contribution < 1.29 is 22.3 Å². The Labute approximate surface area is 79.8 Å². The minimum Gasteiger partial charge on any atom is -0.298 e. The number of hydrogen-bond acceptors (Lipinski definition) is 2. The third kappa shape index (κ3) is 2.57. The molecule has 0 aromatic carbocycles. The minimum atomic E-state index is -4.75. The zero-order valence-electron chi connectivity index (χ0n) is 8.01. The molecule has 0 radical (unpaired) electrons. The summed E-state index contributed by atoms with van der Waals surface area (Å²) in [6, 6.07) is -0.470. The molecule has 2 nitrogen and oxygen atoms in total. The maximum Gasteiger partial charge on any atom is 0.522 e. The zero-order valence-corrected chi connectivity index (χ0v) is 8.01. The van der Waals surface area contributed by atoms with Gasteiger partial charge in [-0.1, -0.05) is 6.92 Å². The van der Waals surface area contributed by atoms with E-state index in [0.29, 0.717) is 6.42 Å². The normalized spacial score (nSPS) is 35.1. The molecule has 0 aliphatic carbocycles. The Morgan fingerprint density at radius 2 is 2.00 bits per heavy atom. The van der Waals surface area contributed by atoms with Gasteiger partial charge in [-0.3, -0.25) is 9.64 Å². The predicted molar refractivity (Wildman–Crippen MR) is 42.5 cm³/mol. The summed E-state index contributed by atoms with van der Waals surface area (Å²) in [6.07, 6.45) is -7.22. The van der Waals surface area contributed by atoms with Gasteiger partial charge in [-0.15, -0.1) is 13.2 Å². The summed E-state index contributed by atoms with van der Waals surface area (Å²) in [7, 11) is 1.60. The minimum absolute atomic E-state index is 0.0147. The van der Waals surface area contributed by atoms with Crippen LogP contribution in [0.2, 0.25) is 0 Å². The van der Waals surface area contributed by atoms with E-state index in [4.69, 9.17) is 0 Å². The van der Waals surface area contributed by atoms with Crippen molar-refractivity contribution in [3.8, 4) is 0 Å². The number of alkyl halides is 4. The van der Waals surface area contributed by atoms with Crippen molar-refractivity contribution in [1.29, 1.82) is 0 Å². The first-order chi connectivity index (χ1) is 6.35. The van der Waals surface area contributed by atoms with Crippen LogP contribution >= 0.6 is 0 Å². The second kappa shape index (κ2) is 4.02. The van der Waals surface area contributed by atoms with Gasteiger partial charge in [-0.2, -0.15) is 0 Å². The van der Waals surface area contributed by atoms with Crippen LogP contribution in [-0.4, -0.2) is 43.2 Å². The van der Waals surface area contributed by atoms with Crippen molar-refractivity contribution in [3.63, 3.8) is 0 Å². The van der Waals surface area contributed by atoms with E-state index in [1.165, 1.54) is 0 Å². The summed E-state index contributed by atoms with van der Waals surface area (Å²) in [5.74, 6) is 0. The molecule has 0 saturated carbocycles. The highest BCUT2D eigenvalue weighted by Crippen LogP contribution is 2.29. The largest absolute Gasteiger partial charge is 0.522 e. The van der Waals surface area contributed by atoms with Gasteiger partial charge in [0.1, 0.15) is 12.3 Å². The fraction of sp³-hybridized carbons (Fsp3) is 1.00. The maximum atomic E-state index is 13.4. The van der Waals surface area contributed by atoms with Crippen LogP contribution in [0.3, 0.4) is 0 Å². The Kier molecular flexibility index (Phi) is 3.36. The molecule has 14 heavy (non-hydrogen) atoms. The van der Waals surface area contributed by atoms with E-state index in [0.717, 1.165) is 0 Å². The second-order valence-corrected chi connectivity index (χ2v) is 3.46. The van der Waals surface area contributed by atoms with Crippen LogP contribution in [0.25, 0.3) is 0 Å². The molecule has 1 saturated heterocycles. The van der Waals surface area contributed by atoms with Crippen molar-refractivity contribution in [2.45, 2.75) is 38.0 Å². The third-order valence-electron chi connectivity index (χ3n) is 2.46. The van der Waals surface area contributed by atoms with E-state index in [1.807, 2.05) is 0 Å². The van der Waals surface area contributed by atoms with Gasteiger partial charge in [0.25, 0.3) is 0 Å². The standard InChI is InChI=1S/C8H13F4NO/c1-3-5-7(9)6(4-13(5)2)14-8(10,11)12/h5-7H,3-4H2,1-2H3. The highest BCUT2D eigenvalue weighted by molar-refractivity contribution is 4.92. The molecule has 1 rings (SSSR count). The molecule has 0 spiro atoms. The SMILES string of the molecule is CCC1C(F)C(OC(F)(F)F)CN1C. The van der Waals surface area contributed by atoms with Crippen molar-refractivity contribution in [1.82, 2.24) is 4.90 Å². The van der Waals surface area contributed by atoms with Crippen LogP contribution in [-0.2, 0) is 4.74 Å². The lowest BCUT2D eigenvalue weighted by molar-refractivity contribution is -0.345. The molecule has 1 fully saturated rings. The molecular formula is C8H13F4NO. The number of ether oxygens (including phenoxy) is 1. The quantitative estimate of drug-likeness (QED) is 0.653. The molecule has 0 N–H and O–H groups in total. The van der Waals surface area contributed by atoms with E-state index in [-0.39, 0.29) is 6.54 Å². The predicted octanol–water partition coefficient (Wildman–Crippen LogP) is 1.95. The molecule has 0 aromatic heterocycles. The molecule has 0 amide bonds. The average molecular weight is 215 g/mol. The summed E-state index contributed by atoms with van der Waals surface area (Å²) in [4.78, 5) is 1.56. The Balaban J connectivity index is 2.58. The van der Waals surface area contributed by atoms with Crippen LogP contribution in [0.5, 0.6) is 0 Å². The molecule has 6 heteroatoms. The molecule has 3 unspecified atom stereocenters. The number of halogens is 4. The Bertz CT molecular complexity index is 196. The summed E-state index contributed by atoms with van der Waals surface area (Å²) in [5.41, 5.74) is 0. The van der Waals surface area contributed by atoms with Gasteiger partial charge in [0.15, 0.2) is 0 Å². The molecule has 84 valence electrons. The number of nitrogens with zero attached hydrogens (tertiary/aromatic N) is 1. The average Bonchev–Trinajstić information content (AvgIpc) is 2.24. The Hall–Kier alpha value is -0.360. The molecule has 0 aromatic rings. The van der Waals surface area contributed by atoms with Gasteiger partial charge in [0, 0.05) is 12.6 Å². The number of likely N-dealkylation sites (N-methyl/N-ethyl adjacent to an activating group) is 1. The number of hydrogen-bond donors (Lipinski definition) is 0. The van der Waals surface area contributed by atoms with E-state index in [1.54, 1.807) is 18.9 Å². The molecular weight excluding hydrogens is 202 g/mol. The molecule has 0 bridgehead atoms. The maximum absolute atomic E-state index is 13.4. The monoisotopic (exact) mass is 215 g/mol. The van der Waals surface area contributed by atoms with Gasteiger partial charge in [-0.25, -0.2) is 4.39 Å². The smallest absolute Gasteiger partial charge is 0.298 e. The zero-order chi connectivity index (χ0) is 10.9. The summed E-state index contributed by atoms with van der Waals surface area (Å²) in [5, 5.41) is 0. The van der Waals surface area contributed by atoms with Gasteiger partial charge >= 0.3 is 6.36 Å². The molecule has 1 aliphatic rings. The van der Waals surface area contributed by atoms with Crippen LogP contribution < -0.4 is 0 Å². The fourth-order valence-electron chi connectivity index (χ4n) is 1.82. The van der Waals surface area contributed by atoms with Crippen molar-refractivity contribution in [2.24, 2.45) is 0 Å². The fourth-order valence-corrected chi connectivity index (χ4v) is 1.82. The number of rotatable bonds is 2.